The predicted octanol–water partition coefficient (Wildman–Crippen LogP) is 3.90. The van der Waals surface area contributed by atoms with Crippen molar-refractivity contribution in [2.24, 2.45) is 5.92 Å². The lowest BCUT2D eigenvalue weighted by Crippen LogP contribution is -2.33. The average Bonchev–Trinajstić information content (AvgIpc) is 3.11. The van der Waals surface area contributed by atoms with Gasteiger partial charge in [-0.1, -0.05) is 12.1 Å². The molecule has 5 heteroatoms. The summed E-state index contributed by atoms with van der Waals surface area (Å²) in [4.78, 5) is 26.2. The van der Waals surface area contributed by atoms with Crippen molar-refractivity contribution >= 4 is 17.4 Å². The van der Waals surface area contributed by atoms with Crippen LogP contribution in [0.4, 0.5) is 5.69 Å². The third-order valence-electron chi connectivity index (χ3n) is 5.70. The molecule has 28 heavy (non-hydrogen) atoms. The zero-order valence-corrected chi connectivity index (χ0v) is 15.7. The summed E-state index contributed by atoms with van der Waals surface area (Å²) >= 11 is 0. The molecule has 2 aliphatic rings. The largest absolute Gasteiger partial charge is 0.426 e. The van der Waals surface area contributed by atoms with Gasteiger partial charge < -0.3 is 9.64 Å². The summed E-state index contributed by atoms with van der Waals surface area (Å²) in [5.41, 5.74) is 3.32. The standard InChI is InChI=1S/C23H22N2O3/c24-15-17-1-6-20(7-2-17)25-11-9-16(10-12-25)3-8-21(26)18-4-5-19-14-23(27)28-22(19)13-18/h1-2,4-7,13,16H,3,8-12,14H2. The highest BCUT2D eigenvalue weighted by Gasteiger charge is 2.23. The van der Waals surface area contributed by atoms with Gasteiger partial charge in [-0.3, -0.25) is 9.59 Å². The first-order valence-corrected chi connectivity index (χ1v) is 9.74. The molecule has 0 N–H and O–H groups in total. The molecule has 0 aromatic heterocycles. The number of benzene rings is 2. The van der Waals surface area contributed by atoms with Crippen molar-refractivity contribution in [3.8, 4) is 11.8 Å². The summed E-state index contributed by atoms with van der Waals surface area (Å²) in [7, 11) is 0. The van der Waals surface area contributed by atoms with Crippen LogP contribution in [0.15, 0.2) is 42.5 Å². The molecule has 2 aliphatic heterocycles. The fourth-order valence-electron chi connectivity index (χ4n) is 3.99. The van der Waals surface area contributed by atoms with Gasteiger partial charge in [0.25, 0.3) is 0 Å². The van der Waals surface area contributed by atoms with E-state index >= 15 is 0 Å². The number of anilines is 1. The maximum atomic E-state index is 12.5. The lowest BCUT2D eigenvalue weighted by atomic mass is 9.90. The van der Waals surface area contributed by atoms with Crippen LogP contribution in [0.2, 0.25) is 0 Å². The first-order valence-electron chi connectivity index (χ1n) is 9.74. The summed E-state index contributed by atoms with van der Waals surface area (Å²) in [5.74, 6) is 0.936. The van der Waals surface area contributed by atoms with Crippen LogP contribution in [0.25, 0.3) is 0 Å². The van der Waals surface area contributed by atoms with Crippen LogP contribution in [0, 0.1) is 17.2 Å². The van der Waals surface area contributed by atoms with E-state index in [1.165, 1.54) is 0 Å². The Kier molecular flexibility index (Phi) is 5.12. The van der Waals surface area contributed by atoms with Crippen LogP contribution in [-0.4, -0.2) is 24.8 Å². The van der Waals surface area contributed by atoms with Crippen molar-refractivity contribution in [2.75, 3.05) is 18.0 Å². The van der Waals surface area contributed by atoms with E-state index in [9.17, 15) is 9.59 Å². The van der Waals surface area contributed by atoms with Crippen LogP contribution >= 0.6 is 0 Å². The van der Waals surface area contributed by atoms with E-state index in [0.29, 0.717) is 35.6 Å². The topological polar surface area (TPSA) is 70.4 Å². The van der Waals surface area contributed by atoms with E-state index in [2.05, 4.69) is 11.0 Å². The predicted molar refractivity (Wildman–Crippen MR) is 105 cm³/mol. The number of rotatable bonds is 5. The molecule has 0 atom stereocenters. The van der Waals surface area contributed by atoms with Gasteiger partial charge in [-0.25, -0.2) is 0 Å². The number of ketones is 1. The van der Waals surface area contributed by atoms with E-state index in [4.69, 9.17) is 10.00 Å². The number of carbonyl (C=O) groups is 2. The summed E-state index contributed by atoms with van der Waals surface area (Å²) in [6.45, 7) is 1.94. The molecule has 5 nitrogen and oxygen atoms in total. The zero-order chi connectivity index (χ0) is 19.5. The number of hydrogen-bond acceptors (Lipinski definition) is 5. The van der Waals surface area contributed by atoms with Crippen molar-refractivity contribution in [1.82, 2.24) is 0 Å². The number of Topliss-reactive ketones (excluding diaryl/α,β-unsaturated/α-hetero) is 1. The third kappa shape index (κ3) is 3.91. The van der Waals surface area contributed by atoms with E-state index in [-0.39, 0.29) is 11.8 Å². The average molecular weight is 374 g/mol. The first kappa shape index (κ1) is 18.2. The summed E-state index contributed by atoms with van der Waals surface area (Å²) in [5, 5.41) is 8.90. The molecule has 0 saturated carbocycles. The lowest BCUT2D eigenvalue weighted by Gasteiger charge is -2.33. The summed E-state index contributed by atoms with van der Waals surface area (Å²) < 4.78 is 5.15. The second-order valence-electron chi connectivity index (χ2n) is 7.52. The molecule has 2 aromatic carbocycles. The molecule has 1 fully saturated rings. The van der Waals surface area contributed by atoms with Crippen LogP contribution in [0.1, 0.15) is 47.2 Å². The molecule has 2 heterocycles. The monoisotopic (exact) mass is 374 g/mol. The van der Waals surface area contributed by atoms with E-state index in [1.54, 1.807) is 12.1 Å². The minimum absolute atomic E-state index is 0.111. The zero-order valence-electron chi connectivity index (χ0n) is 15.7. The minimum atomic E-state index is -0.256. The maximum absolute atomic E-state index is 12.5. The highest BCUT2D eigenvalue weighted by Crippen LogP contribution is 2.29. The van der Waals surface area contributed by atoms with E-state index in [1.807, 2.05) is 30.3 Å². The van der Waals surface area contributed by atoms with Crippen molar-refractivity contribution in [1.29, 1.82) is 5.26 Å². The van der Waals surface area contributed by atoms with Gasteiger partial charge in [0.05, 0.1) is 18.1 Å². The van der Waals surface area contributed by atoms with Crippen LogP contribution in [-0.2, 0) is 11.2 Å². The van der Waals surface area contributed by atoms with Crippen molar-refractivity contribution in [3.05, 3.63) is 59.2 Å². The Bertz CT molecular complexity index is 935. The van der Waals surface area contributed by atoms with Gasteiger partial charge in [-0.15, -0.1) is 0 Å². The Morgan fingerprint density at radius 3 is 2.61 bits per heavy atom. The van der Waals surface area contributed by atoms with Crippen LogP contribution < -0.4 is 9.64 Å². The molecule has 0 bridgehead atoms. The quantitative estimate of drug-likeness (QED) is 0.451. The van der Waals surface area contributed by atoms with Crippen LogP contribution in [0.3, 0.4) is 0 Å². The van der Waals surface area contributed by atoms with E-state index < -0.39 is 0 Å². The molecule has 0 spiro atoms. The summed E-state index contributed by atoms with van der Waals surface area (Å²) in [6.07, 6.45) is 3.83. The second kappa shape index (κ2) is 7.85. The fraction of sp³-hybridized carbons (Fsp3) is 0.348. The molecule has 4 rings (SSSR count). The Morgan fingerprint density at radius 1 is 1.14 bits per heavy atom. The van der Waals surface area contributed by atoms with Crippen molar-refractivity contribution in [2.45, 2.75) is 32.1 Å². The van der Waals surface area contributed by atoms with Gasteiger partial charge in [0.15, 0.2) is 5.78 Å². The van der Waals surface area contributed by atoms with Gasteiger partial charge in [0.2, 0.25) is 0 Å². The van der Waals surface area contributed by atoms with Crippen molar-refractivity contribution < 1.29 is 14.3 Å². The van der Waals surface area contributed by atoms with Gasteiger partial charge in [0, 0.05) is 36.3 Å². The number of nitriles is 1. The fourth-order valence-corrected chi connectivity index (χ4v) is 3.99. The minimum Gasteiger partial charge on any atom is -0.426 e. The molecular weight excluding hydrogens is 352 g/mol. The number of piperidine rings is 1. The smallest absolute Gasteiger partial charge is 0.315 e. The number of esters is 1. The molecule has 1 saturated heterocycles. The lowest BCUT2D eigenvalue weighted by molar-refractivity contribution is -0.131. The van der Waals surface area contributed by atoms with Gasteiger partial charge in [-0.2, -0.15) is 5.26 Å². The number of ether oxygens (including phenoxy) is 1. The first-order chi connectivity index (χ1) is 13.6. The molecular formula is C23H22N2O3. The molecule has 0 radical (unpaired) electrons. The molecule has 0 amide bonds. The van der Waals surface area contributed by atoms with E-state index in [0.717, 1.165) is 43.6 Å². The van der Waals surface area contributed by atoms with Crippen molar-refractivity contribution in [3.63, 3.8) is 0 Å². The third-order valence-corrected chi connectivity index (χ3v) is 5.70. The molecule has 2 aromatic rings. The highest BCUT2D eigenvalue weighted by molar-refractivity contribution is 5.97. The number of fused-ring (bicyclic) bond motifs is 1. The van der Waals surface area contributed by atoms with Gasteiger partial charge in [-0.05, 0) is 55.5 Å². The molecule has 0 unspecified atom stereocenters. The second-order valence-corrected chi connectivity index (χ2v) is 7.52. The Hall–Kier alpha value is -3.13. The highest BCUT2D eigenvalue weighted by atomic mass is 16.5. The Morgan fingerprint density at radius 2 is 1.89 bits per heavy atom. The Balaban J connectivity index is 1.27. The Labute approximate surface area is 164 Å². The van der Waals surface area contributed by atoms with Crippen LogP contribution in [0.5, 0.6) is 5.75 Å². The molecule has 142 valence electrons. The van der Waals surface area contributed by atoms with Gasteiger partial charge >= 0.3 is 5.97 Å². The van der Waals surface area contributed by atoms with Gasteiger partial charge in [0.1, 0.15) is 5.75 Å². The summed E-state index contributed by atoms with van der Waals surface area (Å²) in [6, 6.07) is 15.2. The normalized spacial score (nSPS) is 16.4. The number of nitrogens with zero attached hydrogens (tertiary/aromatic N) is 2. The number of carbonyl (C=O) groups excluding carboxylic acids is 2. The maximum Gasteiger partial charge on any atom is 0.315 e. The molecule has 0 aliphatic carbocycles. The number of hydrogen-bond donors (Lipinski definition) is 0. The SMILES string of the molecule is N#Cc1ccc(N2CCC(CCC(=O)c3ccc4c(c3)OC(=O)C4)CC2)cc1.